The number of nitrogens with zero attached hydrogens (tertiary/aromatic N) is 4. The summed E-state index contributed by atoms with van der Waals surface area (Å²) < 4.78 is 14.7. The maximum Gasteiger partial charge on any atom is 0.303 e. The van der Waals surface area contributed by atoms with E-state index in [1.165, 1.54) is 11.8 Å². The van der Waals surface area contributed by atoms with E-state index in [0.717, 1.165) is 39.8 Å². The molecular weight excluding hydrogens is 606 g/mol. The van der Waals surface area contributed by atoms with Gasteiger partial charge in [-0.1, -0.05) is 78.8 Å². The average Bonchev–Trinajstić information content (AvgIpc) is 3.50. The molecule has 4 aromatic rings. The van der Waals surface area contributed by atoms with Gasteiger partial charge in [0, 0.05) is 44.2 Å². The number of carbonyl (C=O) groups is 2. The van der Waals surface area contributed by atoms with Gasteiger partial charge in [-0.2, -0.15) is 0 Å². The molecule has 3 aromatic carbocycles. The highest BCUT2D eigenvalue weighted by molar-refractivity contribution is 7.99. The summed E-state index contributed by atoms with van der Waals surface area (Å²) in [6.07, 6.45) is 2.20. The number of ether oxygens (including phenoxy) is 2. The van der Waals surface area contributed by atoms with E-state index in [1.54, 1.807) is 4.68 Å². The van der Waals surface area contributed by atoms with Crippen LogP contribution in [0.3, 0.4) is 0 Å². The number of aliphatic hydroxyl groups is 1. The number of aliphatic carboxylic acids is 1. The van der Waals surface area contributed by atoms with E-state index in [9.17, 15) is 14.7 Å². The molecule has 2 heterocycles. The zero-order chi connectivity index (χ0) is 32.3. The van der Waals surface area contributed by atoms with Crippen molar-refractivity contribution in [3.05, 3.63) is 95.1 Å². The number of amides is 1. The summed E-state index contributed by atoms with van der Waals surface area (Å²) in [5.41, 5.74) is 5.75. The van der Waals surface area contributed by atoms with Gasteiger partial charge in [0.1, 0.15) is 0 Å². The standard InChI is InChI=1S/C34H39N5O6S/c1-39-34(36-37-38-39)46-22-29-19-30(25-15-13-23(21-40)14-16-25)45-33(44-29)28-10-6-9-27(18-28)26-8-5-7-24(17-26)20-35-31(41)11-3-2-4-12-32(42)43/h5-10,13-18,29-30,33,40H,2-4,11-12,19-22H2,1H3,(H,35,41)(H,42,43)/t29-,30+,33+/m0/s1. The van der Waals surface area contributed by atoms with E-state index in [-0.39, 0.29) is 31.1 Å². The van der Waals surface area contributed by atoms with Crippen molar-refractivity contribution in [3.63, 3.8) is 0 Å². The van der Waals surface area contributed by atoms with Gasteiger partial charge in [0.25, 0.3) is 0 Å². The van der Waals surface area contributed by atoms with Gasteiger partial charge < -0.3 is 25.0 Å². The maximum absolute atomic E-state index is 12.3. The van der Waals surface area contributed by atoms with Gasteiger partial charge in [-0.3, -0.25) is 9.59 Å². The normalized spacial score (nSPS) is 17.9. The monoisotopic (exact) mass is 645 g/mol. The van der Waals surface area contributed by atoms with E-state index in [1.807, 2.05) is 67.7 Å². The van der Waals surface area contributed by atoms with Gasteiger partial charge in [-0.05, 0) is 63.2 Å². The molecule has 242 valence electrons. The van der Waals surface area contributed by atoms with Crippen LogP contribution in [-0.2, 0) is 39.3 Å². The van der Waals surface area contributed by atoms with Crippen LogP contribution in [0.25, 0.3) is 11.1 Å². The number of aryl methyl sites for hydroxylation is 1. The Morgan fingerprint density at radius 1 is 0.935 bits per heavy atom. The Labute approximate surface area is 272 Å². The highest BCUT2D eigenvalue weighted by Gasteiger charge is 2.32. The van der Waals surface area contributed by atoms with Crippen molar-refractivity contribution in [3.8, 4) is 11.1 Å². The average molecular weight is 646 g/mol. The third-order valence-electron chi connectivity index (χ3n) is 7.80. The fourth-order valence-corrected chi connectivity index (χ4v) is 6.15. The lowest BCUT2D eigenvalue weighted by Crippen LogP contribution is -2.31. The van der Waals surface area contributed by atoms with Crippen LogP contribution >= 0.6 is 11.8 Å². The minimum absolute atomic E-state index is 0.0148. The Kier molecular flexibility index (Phi) is 11.9. The van der Waals surface area contributed by atoms with Crippen LogP contribution in [0.1, 0.15) is 73.2 Å². The van der Waals surface area contributed by atoms with Crippen molar-refractivity contribution in [2.24, 2.45) is 7.05 Å². The van der Waals surface area contributed by atoms with Gasteiger partial charge in [0.15, 0.2) is 6.29 Å². The lowest BCUT2D eigenvalue weighted by Gasteiger charge is -2.36. The summed E-state index contributed by atoms with van der Waals surface area (Å²) in [4.78, 5) is 23.0. The number of aromatic nitrogens is 4. The van der Waals surface area contributed by atoms with Crippen molar-refractivity contribution in [1.82, 2.24) is 25.5 Å². The molecule has 0 radical (unpaired) electrons. The molecule has 1 aliphatic heterocycles. The zero-order valence-electron chi connectivity index (χ0n) is 25.7. The molecule has 1 aliphatic rings. The van der Waals surface area contributed by atoms with Gasteiger partial charge in [-0.25, -0.2) is 4.68 Å². The number of rotatable bonds is 15. The van der Waals surface area contributed by atoms with Crippen LogP contribution in [0.5, 0.6) is 0 Å². The lowest BCUT2D eigenvalue weighted by atomic mass is 9.99. The first-order valence-electron chi connectivity index (χ1n) is 15.4. The van der Waals surface area contributed by atoms with Crippen molar-refractivity contribution in [2.45, 2.75) is 75.3 Å². The first-order valence-corrected chi connectivity index (χ1v) is 16.4. The summed E-state index contributed by atoms with van der Waals surface area (Å²) in [6.45, 7) is 0.395. The SMILES string of the molecule is Cn1nnnc1SC[C@@H]1C[C@H](c2ccc(CO)cc2)O[C@H](c2cccc(-c3cccc(CNC(=O)CCCCCC(=O)O)c3)c2)O1. The van der Waals surface area contributed by atoms with E-state index in [0.29, 0.717) is 43.1 Å². The van der Waals surface area contributed by atoms with Crippen LogP contribution in [0.2, 0.25) is 0 Å². The fourth-order valence-electron chi connectivity index (χ4n) is 5.29. The van der Waals surface area contributed by atoms with Crippen LogP contribution in [-0.4, -0.2) is 54.2 Å². The Morgan fingerprint density at radius 3 is 2.43 bits per heavy atom. The Bertz CT molecular complexity index is 1600. The molecule has 0 bridgehead atoms. The molecule has 11 nitrogen and oxygen atoms in total. The molecular formula is C34H39N5O6S. The number of unbranched alkanes of at least 4 members (excludes halogenated alkanes) is 2. The van der Waals surface area contributed by atoms with Crippen molar-refractivity contribution in [2.75, 3.05) is 5.75 Å². The molecule has 3 atom stereocenters. The summed E-state index contributed by atoms with van der Waals surface area (Å²) in [5, 5.41) is 33.7. The third-order valence-corrected chi connectivity index (χ3v) is 8.94. The van der Waals surface area contributed by atoms with Gasteiger partial charge in [0.2, 0.25) is 11.1 Å². The highest BCUT2D eigenvalue weighted by atomic mass is 32.2. The highest BCUT2D eigenvalue weighted by Crippen LogP contribution is 2.40. The number of aliphatic hydroxyl groups excluding tert-OH is 1. The summed E-state index contributed by atoms with van der Waals surface area (Å²) in [7, 11) is 1.81. The van der Waals surface area contributed by atoms with Crippen LogP contribution < -0.4 is 5.32 Å². The number of benzene rings is 3. The van der Waals surface area contributed by atoms with Crippen molar-refractivity contribution >= 4 is 23.6 Å². The molecule has 0 spiro atoms. The topological polar surface area (TPSA) is 149 Å². The molecule has 0 aliphatic carbocycles. The number of carbonyl (C=O) groups excluding carboxylic acids is 1. The second-order valence-corrected chi connectivity index (χ2v) is 12.3. The van der Waals surface area contributed by atoms with E-state index in [4.69, 9.17) is 14.6 Å². The first kappa shape index (κ1) is 33.3. The second-order valence-electron chi connectivity index (χ2n) is 11.3. The Morgan fingerprint density at radius 2 is 1.70 bits per heavy atom. The number of hydrogen-bond donors (Lipinski definition) is 3. The smallest absolute Gasteiger partial charge is 0.303 e. The molecule has 1 fully saturated rings. The zero-order valence-corrected chi connectivity index (χ0v) is 26.6. The van der Waals surface area contributed by atoms with E-state index in [2.05, 4.69) is 33.0 Å². The first-order chi connectivity index (χ1) is 22.4. The Balaban J connectivity index is 1.26. The van der Waals surface area contributed by atoms with Crippen LogP contribution in [0.15, 0.2) is 78.0 Å². The third kappa shape index (κ3) is 9.46. The predicted octanol–water partition coefficient (Wildman–Crippen LogP) is 5.36. The maximum atomic E-state index is 12.3. The van der Waals surface area contributed by atoms with Crippen molar-refractivity contribution < 1.29 is 29.3 Å². The number of nitrogens with one attached hydrogen (secondary N) is 1. The fraction of sp³-hybridized carbons (Fsp3) is 0.382. The number of hydrogen-bond acceptors (Lipinski definition) is 9. The number of carboxylic acid groups (broad SMARTS) is 1. The minimum Gasteiger partial charge on any atom is -0.481 e. The van der Waals surface area contributed by atoms with Crippen LogP contribution in [0.4, 0.5) is 0 Å². The molecule has 46 heavy (non-hydrogen) atoms. The summed E-state index contributed by atoms with van der Waals surface area (Å²) in [6, 6.07) is 24.0. The number of tetrazole rings is 1. The minimum atomic E-state index is -0.807. The molecule has 0 unspecified atom stereocenters. The Hall–Kier alpha value is -4.10. The molecule has 12 heteroatoms. The number of carboxylic acids is 1. The molecule has 1 amide bonds. The van der Waals surface area contributed by atoms with Gasteiger partial charge >= 0.3 is 5.97 Å². The summed E-state index contributed by atoms with van der Waals surface area (Å²) in [5.74, 6) is -0.202. The predicted molar refractivity (Wildman–Crippen MR) is 172 cm³/mol. The van der Waals surface area contributed by atoms with Crippen LogP contribution in [0, 0.1) is 0 Å². The quantitative estimate of drug-likeness (QED) is 0.114. The molecule has 5 rings (SSSR count). The van der Waals surface area contributed by atoms with Gasteiger partial charge in [0.05, 0.1) is 18.8 Å². The van der Waals surface area contributed by atoms with Crippen molar-refractivity contribution in [1.29, 1.82) is 0 Å². The molecule has 1 aromatic heterocycles. The largest absolute Gasteiger partial charge is 0.481 e. The molecule has 1 saturated heterocycles. The van der Waals surface area contributed by atoms with Gasteiger partial charge in [-0.15, -0.1) is 5.10 Å². The molecule has 0 saturated carbocycles. The lowest BCUT2D eigenvalue weighted by molar-refractivity contribution is -0.245. The summed E-state index contributed by atoms with van der Waals surface area (Å²) >= 11 is 1.54. The second kappa shape index (κ2) is 16.5. The molecule has 3 N–H and O–H groups in total. The number of thioether (sulfide) groups is 1. The van der Waals surface area contributed by atoms with E-state index < -0.39 is 12.3 Å². The van der Waals surface area contributed by atoms with E-state index >= 15 is 0 Å².